The molecule has 1 aromatic rings. The fourth-order valence-corrected chi connectivity index (χ4v) is 6.48. The number of rotatable bonds is 9. The van der Waals surface area contributed by atoms with Crippen molar-refractivity contribution in [3.63, 3.8) is 0 Å². The fraction of sp³-hybridized carbons (Fsp3) is 0.567. The van der Waals surface area contributed by atoms with E-state index in [0.717, 1.165) is 0 Å². The number of nitrogens with two attached hydrogens (primary N) is 1. The summed E-state index contributed by atoms with van der Waals surface area (Å²) in [6, 6.07) is 0.763. The second kappa shape index (κ2) is 11.1. The summed E-state index contributed by atoms with van der Waals surface area (Å²) in [6.07, 6.45) is 0.303. The highest BCUT2D eigenvalue weighted by atomic mass is 16.3. The van der Waals surface area contributed by atoms with Crippen molar-refractivity contribution in [2.24, 2.45) is 29.4 Å². The minimum atomic E-state index is -2.65. The number of carbonyl (C=O) groups excluding carboxylic acids is 3. The van der Waals surface area contributed by atoms with Gasteiger partial charge in [0.2, 0.25) is 5.78 Å². The summed E-state index contributed by atoms with van der Waals surface area (Å²) >= 11 is 0. The van der Waals surface area contributed by atoms with E-state index in [1.165, 1.54) is 4.90 Å². The van der Waals surface area contributed by atoms with Crippen LogP contribution in [-0.2, 0) is 27.3 Å². The second-order valence-electron chi connectivity index (χ2n) is 12.5. The molecule has 1 fully saturated rings. The molecule has 3 aliphatic carbocycles. The Balaban J connectivity index is 1.89. The highest BCUT2D eigenvalue weighted by Gasteiger charge is 2.64. The summed E-state index contributed by atoms with van der Waals surface area (Å²) in [5.74, 6) is -5.83. The number of Topliss-reactive ketones (excluding diaryl/α,β-unsaturated/α-hetero) is 2. The molecular weight excluding hydrogens is 528 g/mol. The Kier molecular flexibility index (Phi) is 8.28. The average molecular weight is 571 g/mol. The number of anilines is 1. The van der Waals surface area contributed by atoms with Crippen LogP contribution in [0.3, 0.4) is 0 Å². The van der Waals surface area contributed by atoms with Crippen LogP contribution in [0.1, 0.15) is 50.8 Å². The summed E-state index contributed by atoms with van der Waals surface area (Å²) in [5.41, 5.74) is 3.71. The number of aliphatic hydroxyl groups is 3. The molecule has 0 unspecified atom stereocenters. The third-order valence-electron chi connectivity index (χ3n) is 8.37. The number of hydrogen-bond donors (Lipinski definition) is 7. The number of phenolic OH excluding ortho intramolecular Hbond substituents is 1. The first-order chi connectivity index (χ1) is 19.1. The summed E-state index contributed by atoms with van der Waals surface area (Å²) in [5, 5.41) is 52.5. The van der Waals surface area contributed by atoms with Crippen LogP contribution in [0.25, 0.3) is 5.76 Å². The molecule has 1 amide bonds. The number of hydrogen-bond acceptors (Lipinski definition) is 10. The molecule has 0 saturated heterocycles. The molecule has 4 atom stereocenters. The van der Waals surface area contributed by atoms with Crippen molar-refractivity contribution < 1.29 is 34.8 Å². The lowest BCUT2D eigenvalue weighted by atomic mass is 9.57. The van der Waals surface area contributed by atoms with Gasteiger partial charge in [0.05, 0.1) is 11.6 Å². The number of aliphatic hydroxyl groups excluding tert-OH is 2. The maximum absolute atomic E-state index is 14.0. The predicted molar refractivity (Wildman–Crippen MR) is 154 cm³/mol. The lowest BCUT2D eigenvalue weighted by Crippen LogP contribution is -2.65. The molecule has 0 heterocycles. The predicted octanol–water partition coefficient (Wildman–Crippen LogP) is 1.78. The quantitative estimate of drug-likeness (QED) is 0.216. The number of amides is 1. The minimum Gasteiger partial charge on any atom is -0.508 e. The maximum Gasteiger partial charge on any atom is 0.255 e. The summed E-state index contributed by atoms with van der Waals surface area (Å²) in [4.78, 5) is 40.9. The Bertz CT molecular complexity index is 1350. The molecular formula is C30H42N4O7. The van der Waals surface area contributed by atoms with Crippen LogP contribution in [0.4, 0.5) is 5.69 Å². The first kappa shape index (κ1) is 30.5. The molecule has 3 aliphatic rings. The van der Waals surface area contributed by atoms with Gasteiger partial charge in [-0.2, -0.15) is 0 Å². The van der Waals surface area contributed by atoms with Gasteiger partial charge in [0.25, 0.3) is 5.91 Å². The monoisotopic (exact) mass is 570 g/mol. The number of fused-ring (bicyclic) bond motifs is 3. The Morgan fingerprint density at radius 2 is 1.76 bits per heavy atom. The summed E-state index contributed by atoms with van der Waals surface area (Å²) in [7, 11) is 3.15. The fourth-order valence-electron chi connectivity index (χ4n) is 6.48. The number of likely N-dealkylation sites (N-methyl/N-ethyl adjacent to an activating group) is 1. The van der Waals surface area contributed by atoms with E-state index in [0.29, 0.717) is 48.3 Å². The van der Waals surface area contributed by atoms with E-state index in [-0.39, 0.29) is 29.7 Å². The van der Waals surface area contributed by atoms with Crippen LogP contribution in [0.2, 0.25) is 0 Å². The summed E-state index contributed by atoms with van der Waals surface area (Å²) in [6.45, 7) is 9.92. The van der Waals surface area contributed by atoms with Gasteiger partial charge in [0.1, 0.15) is 22.8 Å². The van der Waals surface area contributed by atoms with Gasteiger partial charge < -0.3 is 36.8 Å². The molecule has 41 heavy (non-hydrogen) atoms. The highest BCUT2D eigenvalue weighted by molar-refractivity contribution is 6.24. The van der Waals surface area contributed by atoms with Crippen LogP contribution >= 0.6 is 0 Å². The van der Waals surface area contributed by atoms with Crippen molar-refractivity contribution in [2.45, 2.75) is 58.7 Å². The molecule has 4 rings (SSSR count). The van der Waals surface area contributed by atoms with Gasteiger partial charge >= 0.3 is 0 Å². The number of carbonyl (C=O) groups is 3. The van der Waals surface area contributed by atoms with Crippen LogP contribution in [-0.4, -0.2) is 81.6 Å². The van der Waals surface area contributed by atoms with Crippen LogP contribution < -0.4 is 16.4 Å². The van der Waals surface area contributed by atoms with Crippen molar-refractivity contribution in [3.8, 4) is 5.75 Å². The molecule has 1 saturated carbocycles. The van der Waals surface area contributed by atoms with E-state index in [1.54, 1.807) is 14.1 Å². The Hall–Kier alpha value is -3.41. The third-order valence-corrected chi connectivity index (χ3v) is 8.37. The molecule has 8 N–H and O–H groups in total. The first-order valence-electron chi connectivity index (χ1n) is 14.1. The van der Waals surface area contributed by atoms with E-state index in [9.17, 15) is 34.8 Å². The number of phenols is 1. The molecule has 224 valence electrons. The van der Waals surface area contributed by atoms with Crippen LogP contribution in [0.15, 0.2) is 23.0 Å². The average Bonchev–Trinajstić information content (AvgIpc) is 2.85. The number of benzene rings is 1. The Morgan fingerprint density at radius 3 is 2.32 bits per heavy atom. The van der Waals surface area contributed by atoms with E-state index in [2.05, 4.69) is 38.3 Å². The molecule has 0 spiro atoms. The molecule has 0 aliphatic heterocycles. The number of aromatic hydroxyl groups is 1. The largest absolute Gasteiger partial charge is 0.508 e. The van der Waals surface area contributed by atoms with E-state index >= 15 is 0 Å². The zero-order chi connectivity index (χ0) is 30.5. The topological polar surface area (TPSA) is 185 Å². The number of primary amides is 1. The van der Waals surface area contributed by atoms with Crippen molar-refractivity contribution in [1.82, 2.24) is 10.2 Å². The van der Waals surface area contributed by atoms with Gasteiger partial charge in [-0.05, 0) is 62.9 Å². The number of ketones is 2. The van der Waals surface area contributed by atoms with Crippen LogP contribution in [0, 0.1) is 23.7 Å². The van der Waals surface area contributed by atoms with Crippen molar-refractivity contribution in [1.29, 1.82) is 0 Å². The van der Waals surface area contributed by atoms with Gasteiger partial charge in [0.15, 0.2) is 11.4 Å². The third kappa shape index (κ3) is 5.00. The number of nitrogens with one attached hydrogen (secondary N) is 2. The Labute approximate surface area is 240 Å². The maximum atomic E-state index is 14.0. The van der Waals surface area contributed by atoms with E-state index < -0.39 is 58.0 Å². The molecule has 11 nitrogen and oxygen atoms in total. The van der Waals surface area contributed by atoms with Crippen molar-refractivity contribution in [3.05, 3.63) is 39.7 Å². The second-order valence-corrected chi connectivity index (χ2v) is 12.5. The SMILES string of the molecule is CC(C)CNCc1c(NCC(C)C)cc2c(c1O)C(O)=C1C(=O)[C@]3(O)C(O)=C(C(N)=O)C(=O)[C@@H](N(C)C)[C@@H]3C[C@@H]1C2. The molecule has 0 aromatic heterocycles. The minimum absolute atomic E-state index is 0.0545. The zero-order valence-corrected chi connectivity index (χ0v) is 24.5. The van der Waals surface area contributed by atoms with Gasteiger partial charge in [-0.1, -0.05) is 27.7 Å². The standard InChI is InChI=1S/C30H42N4O7/c1-13(2)10-32-12-17-19(33-11-14(3)4)9-16-7-15-8-18-23(34(5)6)26(37)22(29(31)40)28(39)30(18,41)27(38)21(15)25(36)20(16)24(17)35/h9,13-15,18,23,32-33,35-36,39,41H,7-8,10-12H2,1-6H3,(H2,31,40)/t15-,18-,23-,30-/m0/s1. The normalized spacial score (nSPS) is 26.0. The molecule has 1 aromatic carbocycles. The lowest BCUT2D eigenvalue weighted by molar-refractivity contribution is -0.153. The zero-order valence-electron chi connectivity index (χ0n) is 24.5. The first-order valence-corrected chi connectivity index (χ1v) is 14.1. The molecule has 0 bridgehead atoms. The van der Waals surface area contributed by atoms with Crippen LogP contribution in [0.5, 0.6) is 5.75 Å². The Morgan fingerprint density at radius 1 is 1.12 bits per heavy atom. The van der Waals surface area contributed by atoms with Crippen molar-refractivity contribution in [2.75, 3.05) is 32.5 Å². The van der Waals surface area contributed by atoms with E-state index in [4.69, 9.17) is 5.73 Å². The molecule has 0 radical (unpaired) electrons. The molecule has 11 heteroatoms. The summed E-state index contributed by atoms with van der Waals surface area (Å²) < 4.78 is 0. The highest BCUT2D eigenvalue weighted by Crippen LogP contribution is 2.53. The smallest absolute Gasteiger partial charge is 0.255 e. The van der Waals surface area contributed by atoms with Gasteiger partial charge in [-0.15, -0.1) is 0 Å². The van der Waals surface area contributed by atoms with Gasteiger partial charge in [-0.25, -0.2) is 0 Å². The van der Waals surface area contributed by atoms with Crippen molar-refractivity contribution >= 4 is 28.9 Å². The van der Waals surface area contributed by atoms with Gasteiger partial charge in [-0.3, -0.25) is 19.3 Å². The van der Waals surface area contributed by atoms with Gasteiger partial charge in [0, 0.05) is 35.8 Å². The lowest BCUT2D eigenvalue weighted by Gasteiger charge is -2.50. The van der Waals surface area contributed by atoms with E-state index in [1.807, 2.05) is 6.07 Å². The number of nitrogens with zero attached hydrogens (tertiary/aromatic N) is 1.